The topological polar surface area (TPSA) is 47.6 Å². The van der Waals surface area contributed by atoms with E-state index in [0.29, 0.717) is 30.2 Å². The van der Waals surface area contributed by atoms with E-state index in [9.17, 15) is 4.79 Å². The molecule has 0 radical (unpaired) electrons. The summed E-state index contributed by atoms with van der Waals surface area (Å²) in [5.74, 6) is 1.17. The van der Waals surface area contributed by atoms with E-state index in [2.05, 4.69) is 12.2 Å². The molecule has 0 aliphatic carbocycles. The number of rotatable bonds is 9. The Kier molecular flexibility index (Phi) is 7.15. The van der Waals surface area contributed by atoms with Crippen molar-refractivity contribution in [3.63, 3.8) is 0 Å². The van der Waals surface area contributed by atoms with Crippen molar-refractivity contribution < 1.29 is 14.3 Å². The molecule has 1 N–H and O–H groups in total. The van der Waals surface area contributed by atoms with Gasteiger partial charge in [0.1, 0.15) is 11.5 Å². The number of benzene rings is 2. The third-order valence-electron chi connectivity index (χ3n) is 3.54. The number of amides is 1. The predicted octanol–water partition coefficient (Wildman–Crippen LogP) is 4.91. The maximum atomic E-state index is 12.6. The molecule has 0 heterocycles. The molecule has 0 saturated heterocycles. The third-order valence-corrected chi connectivity index (χ3v) is 3.54. The molecule has 4 nitrogen and oxygen atoms in total. The van der Waals surface area contributed by atoms with Gasteiger partial charge in [-0.1, -0.05) is 38.0 Å². The first kappa shape index (κ1) is 17.9. The second kappa shape index (κ2) is 9.60. The van der Waals surface area contributed by atoms with E-state index in [0.717, 1.165) is 25.0 Å². The molecular weight excluding hydrogens is 302 g/mol. The van der Waals surface area contributed by atoms with Crippen LogP contribution in [0.5, 0.6) is 11.5 Å². The number of para-hydroxylation sites is 1. The smallest absolute Gasteiger partial charge is 0.259 e. The zero-order valence-electron chi connectivity index (χ0n) is 14.4. The lowest BCUT2D eigenvalue weighted by Crippen LogP contribution is -2.14. The molecular formula is C20H25NO3. The van der Waals surface area contributed by atoms with E-state index >= 15 is 0 Å². The standard InChI is InChI=1S/C20H25NO3/c1-3-5-8-14-24-19-13-7-6-12-18(19)20(22)21-16-10-9-11-17(15-16)23-4-2/h6-7,9-13,15H,3-5,8,14H2,1-2H3,(H,21,22). The monoisotopic (exact) mass is 327 g/mol. The molecule has 24 heavy (non-hydrogen) atoms. The molecule has 0 bridgehead atoms. The zero-order valence-corrected chi connectivity index (χ0v) is 14.4. The van der Waals surface area contributed by atoms with Crippen LogP contribution in [-0.2, 0) is 0 Å². The summed E-state index contributed by atoms with van der Waals surface area (Å²) >= 11 is 0. The van der Waals surface area contributed by atoms with Gasteiger partial charge in [0.25, 0.3) is 5.91 Å². The lowest BCUT2D eigenvalue weighted by atomic mass is 10.1. The van der Waals surface area contributed by atoms with Gasteiger partial charge in [-0.15, -0.1) is 0 Å². The van der Waals surface area contributed by atoms with Gasteiger partial charge in [-0.05, 0) is 37.6 Å². The number of carbonyl (C=O) groups excluding carboxylic acids is 1. The van der Waals surface area contributed by atoms with Crippen molar-refractivity contribution in [2.45, 2.75) is 33.1 Å². The maximum absolute atomic E-state index is 12.6. The van der Waals surface area contributed by atoms with Gasteiger partial charge in [-0.2, -0.15) is 0 Å². The summed E-state index contributed by atoms with van der Waals surface area (Å²) in [6.07, 6.45) is 3.25. The molecule has 0 spiro atoms. The average Bonchev–Trinajstić information content (AvgIpc) is 2.60. The van der Waals surface area contributed by atoms with Crippen LogP contribution in [0.15, 0.2) is 48.5 Å². The van der Waals surface area contributed by atoms with Crippen molar-refractivity contribution in [3.05, 3.63) is 54.1 Å². The molecule has 128 valence electrons. The Hall–Kier alpha value is -2.49. The normalized spacial score (nSPS) is 10.2. The van der Waals surface area contributed by atoms with E-state index in [1.807, 2.05) is 49.4 Å². The Morgan fingerprint density at radius 1 is 1.00 bits per heavy atom. The zero-order chi connectivity index (χ0) is 17.2. The quantitative estimate of drug-likeness (QED) is 0.666. The summed E-state index contributed by atoms with van der Waals surface area (Å²) in [4.78, 5) is 12.6. The lowest BCUT2D eigenvalue weighted by molar-refractivity contribution is 0.102. The van der Waals surface area contributed by atoms with Gasteiger partial charge in [0.15, 0.2) is 0 Å². The summed E-state index contributed by atoms with van der Waals surface area (Å²) < 4.78 is 11.2. The van der Waals surface area contributed by atoms with Crippen LogP contribution in [0.3, 0.4) is 0 Å². The largest absolute Gasteiger partial charge is 0.494 e. The molecule has 0 fully saturated rings. The minimum Gasteiger partial charge on any atom is -0.494 e. The first-order valence-corrected chi connectivity index (χ1v) is 8.50. The van der Waals surface area contributed by atoms with Gasteiger partial charge in [-0.25, -0.2) is 0 Å². The molecule has 4 heteroatoms. The Morgan fingerprint density at radius 3 is 2.62 bits per heavy atom. The first-order valence-electron chi connectivity index (χ1n) is 8.50. The summed E-state index contributed by atoms with van der Waals surface area (Å²) in [5.41, 5.74) is 1.24. The highest BCUT2D eigenvalue weighted by Crippen LogP contribution is 2.22. The molecule has 0 atom stereocenters. The van der Waals surface area contributed by atoms with Crippen molar-refractivity contribution >= 4 is 11.6 Å². The number of hydrogen-bond acceptors (Lipinski definition) is 3. The fourth-order valence-electron chi connectivity index (χ4n) is 2.34. The number of ether oxygens (including phenoxy) is 2. The fraction of sp³-hybridized carbons (Fsp3) is 0.350. The Morgan fingerprint density at radius 2 is 1.83 bits per heavy atom. The van der Waals surface area contributed by atoms with Crippen molar-refractivity contribution in [2.75, 3.05) is 18.5 Å². The first-order chi connectivity index (χ1) is 11.7. The van der Waals surface area contributed by atoms with Gasteiger partial charge in [0.2, 0.25) is 0 Å². The summed E-state index contributed by atoms with van der Waals surface area (Å²) in [6, 6.07) is 14.7. The minimum atomic E-state index is -0.185. The van der Waals surface area contributed by atoms with Crippen LogP contribution in [0.25, 0.3) is 0 Å². The van der Waals surface area contributed by atoms with Crippen LogP contribution in [0.1, 0.15) is 43.5 Å². The maximum Gasteiger partial charge on any atom is 0.259 e. The molecule has 1 amide bonds. The molecule has 2 aromatic rings. The van der Waals surface area contributed by atoms with Gasteiger partial charge < -0.3 is 14.8 Å². The molecule has 0 unspecified atom stereocenters. The van der Waals surface area contributed by atoms with E-state index in [1.54, 1.807) is 6.07 Å². The predicted molar refractivity (Wildman–Crippen MR) is 97.0 cm³/mol. The average molecular weight is 327 g/mol. The van der Waals surface area contributed by atoms with Gasteiger partial charge in [0.05, 0.1) is 18.8 Å². The van der Waals surface area contributed by atoms with E-state index in [-0.39, 0.29) is 5.91 Å². The van der Waals surface area contributed by atoms with Crippen LogP contribution in [0.4, 0.5) is 5.69 Å². The van der Waals surface area contributed by atoms with Gasteiger partial charge in [-0.3, -0.25) is 4.79 Å². The second-order valence-electron chi connectivity index (χ2n) is 5.47. The van der Waals surface area contributed by atoms with Crippen LogP contribution in [-0.4, -0.2) is 19.1 Å². The van der Waals surface area contributed by atoms with E-state index in [1.165, 1.54) is 0 Å². The molecule has 0 saturated carbocycles. The number of carbonyl (C=O) groups is 1. The highest BCUT2D eigenvalue weighted by atomic mass is 16.5. The highest BCUT2D eigenvalue weighted by Gasteiger charge is 2.12. The number of unbranched alkanes of at least 4 members (excludes halogenated alkanes) is 2. The molecule has 0 aromatic heterocycles. The molecule has 2 rings (SSSR count). The summed E-state index contributed by atoms with van der Waals surface area (Å²) in [5, 5.41) is 2.90. The van der Waals surface area contributed by atoms with Gasteiger partial charge in [0, 0.05) is 11.8 Å². The molecule has 0 aliphatic rings. The van der Waals surface area contributed by atoms with Crippen LogP contribution in [0, 0.1) is 0 Å². The second-order valence-corrected chi connectivity index (χ2v) is 5.47. The third kappa shape index (κ3) is 5.30. The Balaban J connectivity index is 2.05. The lowest BCUT2D eigenvalue weighted by Gasteiger charge is -2.12. The van der Waals surface area contributed by atoms with Crippen LogP contribution in [0.2, 0.25) is 0 Å². The fourth-order valence-corrected chi connectivity index (χ4v) is 2.34. The van der Waals surface area contributed by atoms with Crippen molar-refractivity contribution in [3.8, 4) is 11.5 Å². The van der Waals surface area contributed by atoms with Gasteiger partial charge >= 0.3 is 0 Å². The number of anilines is 1. The highest BCUT2D eigenvalue weighted by molar-refractivity contribution is 6.06. The number of nitrogens with one attached hydrogen (secondary N) is 1. The summed E-state index contributed by atoms with van der Waals surface area (Å²) in [6.45, 7) is 5.29. The van der Waals surface area contributed by atoms with E-state index in [4.69, 9.17) is 9.47 Å². The van der Waals surface area contributed by atoms with Crippen molar-refractivity contribution in [1.82, 2.24) is 0 Å². The minimum absolute atomic E-state index is 0.185. The molecule has 0 aliphatic heterocycles. The van der Waals surface area contributed by atoms with Crippen LogP contribution >= 0.6 is 0 Å². The Labute approximate surface area is 143 Å². The summed E-state index contributed by atoms with van der Waals surface area (Å²) in [7, 11) is 0. The van der Waals surface area contributed by atoms with Crippen molar-refractivity contribution in [1.29, 1.82) is 0 Å². The van der Waals surface area contributed by atoms with Crippen LogP contribution < -0.4 is 14.8 Å². The van der Waals surface area contributed by atoms with E-state index < -0.39 is 0 Å². The van der Waals surface area contributed by atoms with Crippen molar-refractivity contribution in [2.24, 2.45) is 0 Å². The Bertz CT molecular complexity index is 655. The molecule has 2 aromatic carbocycles. The SMILES string of the molecule is CCCCCOc1ccccc1C(=O)Nc1cccc(OCC)c1. The number of hydrogen-bond donors (Lipinski definition) is 1.